The van der Waals surface area contributed by atoms with Crippen molar-refractivity contribution in [1.82, 2.24) is 10.7 Å². The van der Waals surface area contributed by atoms with Crippen LogP contribution < -0.4 is 15.5 Å². The van der Waals surface area contributed by atoms with Crippen LogP contribution in [-0.2, 0) is 0 Å². The molecule has 132 valence electrons. The van der Waals surface area contributed by atoms with E-state index in [1.54, 1.807) is 7.11 Å². The SMILES string of the molecule is COc1ccc2cc(/C(C)=N/NC(=S)NC3CCCCC3)ccc2c1. The largest absolute Gasteiger partial charge is 0.497 e. The third-order valence-electron chi connectivity index (χ3n) is 4.73. The van der Waals surface area contributed by atoms with E-state index < -0.39 is 0 Å². The molecule has 1 fully saturated rings. The van der Waals surface area contributed by atoms with Crippen molar-refractivity contribution in [1.29, 1.82) is 0 Å². The van der Waals surface area contributed by atoms with Gasteiger partial charge in [0.1, 0.15) is 5.75 Å². The van der Waals surface area contributed by atoms with Crippen molar-refractivity contribution in [2.24, 2.45) is 5.10 Å². The van der Waals surface area contributed by atoms with Gasteiger partial charge in [0, 0.05) is 6.04 Å². The molecule has 2 aromatic rings. The number of hydrogen-bond donors (Lipinski definition) is 2. The predicted octanol–water partition coefficient (Wildman–Crippen LogP) is 4.37. The summed E-state index contributed by atoms with van der Waals surface area (Å²) in [6, 6.07) is 12.8. The van der Waals surface area contributed by atoms with Crippen molar-refractivity contribution < 1.29 is 4.74 Å². The quantitative estimate of drug-likeness (QED) is 0.486. The maximum Gasteiger partial charge on any atom is 0.187 e. The number of hydrazone groups is 1. The van der Waals surface area contributed by atoms with Gasteiger partial charge in [-0.2, -0.15) is 5.10 Å². The minimum Gasteiger partial charge on any atom is -0.497 e. The lowest BCUT2D eigenvalue weighted by molar-refractivity contribution is 0.412. The average Bonchev–Trinajstić information content (AvgIpc) is 2.66. The van der Waals surface area contributed by atoms with Gasteiger partial charge in [-0.05, 0) is 66.5 Å². The Morgan fingerprint density at radius 1 is 1.08 bits per heavy atom. The molecule has 1 aliphatic carbocycles. The number of thiocarbonyl (C=S) groups is 1. The molecule has 2 aromatic carbocycles. The fraction of sp³-hybridized carbons (Fsp3) is 0.400. The van der Waals surface area contributed by atoms with Crippen LogP contribution in [0.25, 0.3) is 10.8 Å². The lowest BCUT2D eigenvalue weighted by atomic mass is 9.96. The molecular formula is C20H25N3OS. The van der Waals surface area contributed by atoms with Gasteiger partial charge in [-0.25, -0.2) is 0 Å². The van der Waals surface area contributed by atoms with Gasteiger partial charge in [0.05, 0.1) is 12.8 Å². The van der Waals surface area contributed by atoms with Gasteiger partial charge in [0.25, 0.3) is 0 Å². The molecular weight excluding hydrogens is 330 g/mol. The summed E-state index contributed by atoms with van der Waals surface area (Å²) in [7, 11) is 1.68. The van der Waals surface area contributed by atoms with E-state index in [4.69, 9.17) is 17.0 Å². The highest BCUT2D eigenvalue weighted by molar-refractivity contribution is 7.80. The van der Waals surface area contributed by atoms with E-state index in [0.717, 1.165) is 27.8 Å². The first-order chi connectivity index (χ1) is 12.2. The van der Waals surface area contributed by atoms with Crippen molar-refractivity contribution in [2.75, 3.05) is 7.11 Å². The smallest absolute Gasteiger partial charge is 0.187 e. The monoisotopic (exact) mass is 355 g/mol. The minimum absolute atomic E-state index is 0.486. The second-order valence-corrected chi connectivity index (χ2v) is 6.95. The molecule has 0 atom stereocenters. The normalized spacial score (nSPS) is 15.8. The van der Waals surface area contributed by atoms with Crippen molar-refractivity contribution >= 4 is 33.8 Å². The first-order valence-corrected chi connectivity index (χ1v) is 9.25. The van der Waals surface area contributed by atoms with Crippen LogP contribution in [0, 0.1) is 0 Å². The average molecular weight is 356 g/mol. The molecule has 3 rings (SSSR count). The fourth-order valence-corrected chi connectivity index (χ4v) is 3.45. The second kappa shape index (κ2) is 8.30. The third-order valence-corrected chi connectivity index (χ3v) is 4.94. The summed E-state index contributed by atoms with van der Waals surface area (Å²) >= 11 is 5.36. The van der Waals surface area contributed by atoms with Gasteiger partial charge < -0.3 is 10.1 Å². The van der Waals surface area contributed by atoms with E-state index in [1.807, 2.05) is 19.1 Å². The van der Waals surface area contributed by atoms with Crippen molar-refractivity contribution in [3.05, 3.63) is 42.0 Å². The highest BCUT2D eigenvalue weighted by Gasteiger charge is 2.13. The molecule has 0 aromatic heterocycles. The summed E-state index contributed by atoms with van der Waals surface area (Å²) in [5, 5.41) is 10.7. The highest BCUT2D eigenvalue weighted by atomic mass is 32.1. The number of hydrogen-bond acceptors (Lipinski definition) is 3. The van der Waals surface area contributed by atoms with Crippen LogP contribution in [0.2, 0.25) is 0 Å². The molecule has 4 nitrogen and oxygen atoms in total. The van der Waals surface area contributed by atoms with E-state index in [1.165, 1.54) is 32.1 Å². The lowest BCUT2D eigenvalue weighted by Gasteiger charge is -2.23. The van der Waals surface area contributed by atoms with Crippen molar-refractivity contribution in [3.63, 3.8) is 0 Å². The summed E-state index contributed by atoms with van der Waals surface area (Å²) in [5.41, 5.74) is 4.97. The maximum absolute atomic E-state index is 5.36. The highest BCUT2D eigenvalue weighted by Crippen LogP contribution is 2.22. The molecule has 0 heterocycles. The number of methoxy groups -OCH3 is 1. The zero-order chi connectivity index (χ0) is 17.6. The van der Waals surface area contributed by atoms with Gasteiger partial charge in [0.2, 0.25) is 0 Å². The number of fused-ring (bicyclic) bond motifs is 1. The topological polar surface area (TPSA) is 45.6 Å². The Morgan fingerprint density at radius 3 is 2.56 bits per heavy atom. The summed E-state index contributed by atoms with van der Waals surface area (Å²) in [4.78, 5) is 0. The molecule has 1 saturated carbocycles. The molecule has 5 heteroatoms. The first-order valence-electron chi connectivity index (χ1n) is 8.84. The molecule has 0 bridgehead atoms. The summed E-state index contributed by atoms with van der Waals surface area (Å²) in [5.74, 6) is 0.867. The Morgan fingerprint density at radius 2 is 1.80 bits per heavy atom. The van der Waals surface area contributed by atoms with Crippen molar-refractivity contribution in [3.8, 4) is 5.75 Å². The van der Waals surface area contributed by atoms with Crippen LogP contribution in [0.1, 0.15) is 44.6 Å². The van der Waals surface area contributed by atoms with Crippen molar-refractivity contribution in [2.45, 2.75) is 45.1 Å². The van der Waals surface area contributed by atoms with E-state index in [-0.39, 0.29) is 0 Å². The minimum atomic E-state index is 0.486. The second-order valence-electron chi connectivity index (χ2n) is 6.55. The van der Waals surface area contributed by atoms with Crippen LogP contribution in [-0.4, -0.2) is 24.0 Å². The summed E-state index contributed by atoms with van der Waals surface area (Å²) in [6.45, 7) is 1.99. The van der Waals surface area contributed by atoms with Gasteiger partial charge in [-0.15, -0.1) is 0 Å². The Balaban J connectivity index is 1.64. The van der Waals surface area contributed by atoms with Crippen LogP contribution in [0.4, 0.5) is 0 Å². The first kappa shape index (κ1) is 17.7. The van der Waals surface area contributed by atoms with Crippen LogP contribution in [0.5, 0.6) is 5.75 Å². The van der Waals surface area contributed by atoms with E-state index in [9.17, 15) is 0 Å². The van der Waals surface area contributed by atoms with Crippen LogP contribution >= 0.6 is 12.2 Å². The number of benzene rings is 2. The lowest BCUT2D eigenvalue weighted by Crippen LogP contribution is -2.41. The maximum atomic E-state index is 5.36. The molecule has 1 aliphatic rings. The number of nitrogens with zero attached hydrogens (tertiary/aromatic N) is 1. The molecule has 0 amide bonds. The summed E-state index contributed by atoms with van der Waals surface area (Å²) in [6.07, 6.45) is 6.29. The molecule has 25 heavy (non-hydrogen) atoms. The molecule has 0 radical (unpaired) electrons. The molecule has 0 saturated heterocycles. The Bertz CT molecular complexity index is 782. The molecule has 0 spiro atoms. The molecule has 2 N–H and O–H groups in total. The van der Waals surface area contributed by atoms with Gasteiger partial charge in [0.15, 0.2) is 5.11 Å². The molecule has 0 unspecified atom stereocenters. The number of ether oxygens (including phenoxy) is 1. The third kappa shape index (κ3) is 4.69. The van der Waals surface area contributed by atoms with Gasteiger partial charge >= 0.3 is 0 Å². The fourth-order valence-electron chi connectivity index (χ4n) is 3.24. The standard InChI is InChI=1S/C20H25N3OS/c1-14(22-23-20(25)21-18-6-4-3-5-7-18)15-8-9-17-13-19(24-2)11-10-16(17)12-15/h8-13,18H,3-7H2,1-2H3,(H2,21,23,25)/b22-14+. The van der Waals surface area contributed by atoms with Crippen LogP contribution in [0.15, 0.2) is 41.5 Å². The van der Waals surface area contributed by atoms with E-state index in [2.05, 4.69) is 40.1 Å². The Kier molecular flexibility index (Phi) is 5.87. The molecule has 0 aliphatic heterocycles. The predicted molar refractivity (Wildman–Crippen MR) is 108 cm³/mol. The zero-order valence-corrected chi connectivity index (χ0v) is 15.7. The van der Waals surface area contributed by atoms with Crippen LogP contribution in [0.3, 0.4) is 0 Å². The number of rotatable bonds is 4. The summed E-state index contributed by atoms with van der Waals surface area (Å²) < 4.78 is 5.27. The Hall–Kier alpha value is -2.14. The van der Waals surface area contributed by atoms with Gasteiger partial charge in [-0.3, -0.25) is 5.43 Å². The number of nitrogens with one attached hydrogen (secondary N) is 2. The zero-order valence-electron chi connectivity index (χ0n) is 14.8. The Labute approximate surface area is 154 Å². The van der Waals surface area contributed by atoms with E-state index >= 15 is 0 Å². The van der Waals surface area contributed by atoms with E-state index in [0.29, 0.717) is 11.2 Å². The van der Waals surface area contributed by atoms with Gasteiger partial charge in [-0.1, -0.05) is 37.5 Å².